The number of amides is 1. The molecule has 1 aromatic rings. The summed E-state index contributed by atoms with van der Waals surface area (Å²) in [6, 6.07) is 5.68. The molecule has 0 aliphatic carbocycles. The second-order valence-corrected chi connectivity index (χ2v) is 3.71. The van der Waals surface area contributed by atoms with Crippen LogP contribution in [0.1, 0.15) is 18.1 Å². The summed E-state index contributed by atoms with van der Waals surface area (Å²) in [5.41, 5.74) is 8.08. The van der Waals surface area contributed by atoms with E-state index in [1.54, 1.807) is 0 Å². The molecule has 96 valence electrons. The average molecular weight is 246 g/mol. The van der Waals surface area contributed by atoms with Crippen LogP contribution in [0.2, 0.25) is 0 Å². The molecule has 3 N–H and O–H groups in total. The summed E-state index contributed by atoms with van der Waals surface area (Å²) in [7, 11) is 1.49. The van der Waals surface area contributed by atoms with Gasteiger partial charge in [-0.15, -0.1) is 0 Å². The van der Waals surface area contributed by atoms with Crippen molar-refractivity contribution < 1.29 is 9.53 Å². The molecule has 0 spiro atoms. The van der Waals surface area contributed by atoms with E-state index in [4.69, 9.17) is 10.5 Å². The van der Waals surface area contributed by atoms with Crippen LogP contribution >= 0.6 is 0 Å². The third kappa shape index (κ3) is 4.21. The Morgan fingerprint density at radius 1 is 1.50 bits per heavy atom. The van der Waals surface area contributed by atoms with E-state index in [-0.39, 0.29) is 12.5 Å². The molecule has 0 heterocycles. The summed E-state index contributed by atoms with van der Waals surface area (Å²) in [6.45, 7) is 2.42. The molecule has 4 heteroatoms. The molecule has 0 aliphatic rings. The molecule has 1 aromatic carbocycles. The van der Waals surface area contributed by atoms with Crippen LogP contribution in [0.3, 0.4) is 0 Å². The zero-order valence-corrected chi connectivity index (χ0v) is 10.7. The lowest BCUT2D eigenvalue weighted by molar-refractivity contribution is -0.119. The first-order chi connectivity index (χ1) is 8.71. The zero-order chi connectivity index (χ0) is 13.4. The summed E-state index contributed by atoms with van der Waals surface area (Å²) in [5.74, 6) is 5.62. The summed E-state index contributed by atoms with van der Waals surface area (Å²) in [5, 5.41) is 2.81. The molecule has 0 atom stereocenters. The number of methoxy groups -OCH3 is 1. The van der Waals surface area contributed by atoms with Crippen LogP contribution in [0.4, 0.5) is 5.69 Å². The van der Waals surface area contributed by atoms with Gasteiger partial charge in [0.1, 0.15) is 6.61 Å². The van der Waals surface area contributed by atoms with Gasteiger partial charge >= 0.3 is 0 Å². The summed E-state index contributed by atoms with van der Waals surface area (Å²) < 4.78 is 4.78. The van der Waals surface area contributed by atoms with Crippen LogP contribution in [0.5, 0.6) is 0 Å². The van der Waals surface area contributed by atoms with Crippen molar-refractivity contribution in [2.45, 2.75) is 13.3 Å². The van der Waals surface area contributed by atoms with Gasteiger partial charge in [-0.2, -0.15) is 0 Å². The Kier molecular flexibility index (Phi) is 5.92. The molecule has 0 saturated carbocycles. The van der Waals surface area contributed by atoms with Gasteiger partial charge in [0.25, 0.3) is 0 Å². The maximum atomic E-state index is 11.5. The van der Waals surface area contributed by atoms with Crippen LogP contribution in [0.25, 0.3) is 0 Å². The van der Waals surface area contributed by atoms with Crippen LogP contribution in [-0.2, 0) is 16.0 Å². The fraction of sp³-hybridized carbons (Fsp3) is 0.357. The Morgan fingerprint density at radius 3 is 2.89 bits per heavy atom. The Labute approximate surface area is 108 Å². The molecule has 0 saturated heterocycles. The van der Waals surface area contributed by atoms with Gasteiger partial charge in [-0.25, -0.2) is 0 Å². The predicted octanol–water partition coefficient (Wildman–Crippen LogP) is 1.14. The second kappa shape index (κ2) is 7.49. The van der Waals surface area contributed by atoms with Gasteiger partial charge in [0.15, 0.2) is 0 Å². The molecule has 0 radical (unpaired) electrons. The van der Waals surface area contributed by atoms with Crippen LogP contribution in [-0.4, -0.2) is 26.2 Å². The summed E-state index contributed by atoms with van der Waals surface area (Å²) in [6.07, 6.45) is 0.820. The number of carbonyl (C=O) groups is 1. The van der Waals surface area contributed by atoms with Crippen molar-refractivity contribution in [3.05, 3.63) is 29.3 Å². The highest BCUT2D eigenvalue weighted by Gasteiger charge is 2.05. The highest BCUT2D eigenvalue weighted by atomic mass is 16.5. The van der Waals surface area contributed by atoms with Crippen LogP contribution < -0.4 is 11.1 Å². The molecule has 4 nitrogen and oxygen atoms in total. The standard InChI is InChI=1S/C14H18N2O2/c1-3-12-9-11(5-4-8-15)6-7-13(12)16-14(17)10-18-2/h6-7,9H,3,8,10,15H2,1-2H3,(H,16,17). The first-order valence-corrected chi connectivity index (χ1v) is 5.82. The molecule has 0 bridgehead atoms. The normalized spacial score (nSPS) is 9.50. The third-order valence-corrected chi connectivity index (χ3v) is 2.37. The van der Waals surface area contributed by atoms with Gasteiger partial charge in [0, 0.05) is 18.4 Å². The van der Waals surface area contributed by atoms with E-state index in [0.717, 1.165) is 23.2 Å². The van der Waals surface area contributed by atoms with E-state index in [0.29, 0.717) is 6.54 Å². The second-order valence-electron chi connectivity index (χ2n) is 3.71. The molecule has 0 aliphatic heterocycles. The quantitative estimate of drug-likeness (QED) is 0.783. The summed E-state index contributed by atoms with van der Waals surface area (Å²) in [4.78, 5) is 11.5. The minimum absolute atomic E-state index is 0.0535. The van der Waals surface area contributed by atoms with Crippen molar-refractivity contribution in [3.8, 4) is 11.8 Å². The van der Waals surface area contributed by atoms with Gasteiger partial charge in [-0.1, -0.05) is 18.8 Å². The van der Waals surface area contributed by atoms with E-state index >= 15 is 0 Å². The van der Waals surface area contributed by atoms with Crippen molar-refractivity contribution in [2.24, 2.45) is 5.73 Å². The number of benzene rings is 1. The molecular weight excluding hydrogens is 228 g/mol. The molecule has 0 unspecified atom stereocenters. The number of hydrogen-bond acceptors (Lipinski definition) is 3. The van der Waals surface area contributed by atoms with Crippen LogP contribution in [0, 0.1) is 11.8 Å². The maximum Gasteiger partial charge on any atom is 0.250 e. The van der Waals surface area contributed by atoms with Crippen molar-refractivity contribution in [3.63, 3.8) is 0 Å². The van der Waals surface area contributed by atoms with Gasteiger partial charge < -0.3 is 15.8 Å². The van der Waals surface area contributed by atoms with Gasteiger partial charge in [0.2, 0.25) is 5.91 Å². The van der Waals surface area contributed by atoms with Crippen molar-refractivity contribution in [1.29, 1.82) is 0 Å². The van der Waals surface area contributed by atoms with E-state index in [1.165, 1.54) is 7.11 Å². The fourth-order valence-corrected chi connectivity index (χ4v) is 1.56. The number of nitrogens with two attached hydrogens (primary N) is 1. The van der Waals surface area contributed by atoms with E-state index in [2.05, 4.69) is 17.2 Å². The lowest BCUT2D eigenvalue weighted by Gasteiger charge is -2.10. The van der Waals surface area contributed by atoms with Gasteiger partial charge in [-0.3, -0.25) is 4.79 Å². The van der Waals surface area contributed by atoms with Gasteiger partial charge in [-0.05, 0) is 30.2 Å². The van der Waals surface area contributed by atoms with Crippen molar-refractivity contribution in [2.75, 3.05) is 25.6 Å². The zero-order valence-electron chi connectivity index (χ0n) is 10.7. The number of nitrogens with one attached hydrogen (secondary N) is 1. The molecule has 18 heavy (non-hydrogen) atoms. The molecule has 0 fully saturated rings. The largest absolute Gasteiger partial charge is 0.375 e. The van der Waals surface area contributed by atoms with Crippen LogP contribution in [0.15, 0.2) is 18.2 Å². The first kappa shape index (κ1) is 14.2. The maximum absolute atomic E-state index is 11.5. The third-order valence-electron chi connectivity index (χ3n) is 2.37. The monoisotopic (exact) mass is 246 g/mol. The Morgan fingerprint density at radius 2 is 2.28 bits per heavy atom. The SMILES string of the molecule is CCc1cc(C#CCN)ccc1NC(=O)COC. The van der Waals surface area contributed by atoms with Gasteiger partial charge in [0.05, 0.1) is 6.54 Å². The molecule has 0 aromatic heterocycles. The molecular formula is C14H18N2O2. The predicted molar refractivity (Wildman–Crippen MR) is 72.3 cm³/mol. The highest BCUT2D eigenvalue weighted by Crippen LogP contribution is 2.18. The van der Waals surface area contributed by atoms with Crippen molar-refractivity contribution in [1.82, 2.24) is 0 Å². The topological polar surface area (TPSA) is 64.3 Å². The number of hydrogen-bond donors (Lipinski definition) is 2. The minimum atomic E-state index is -0.159. The Balaban J connectivity index is 2.89. The lowest BCUT2D eigenvalue weighted by Crippen LogP contribution is -2.18. The fourth-order valence-electron chi connectivity index (χ4n) is 1.56. The Hall–Kier alpha value is -1.83. The summed E-state index contributed by atoms with van der Waals surface area (Å²) >= 11 is 0. The number of carbonyl (C=O) groups excluding carboxylic acids is 1. The molecule has 1 rings (SSSR count). The average Bonchev–Trinajstić information content (AvgIpc) is 2.37. The minimum Gasteiger partial charge on any atom is -0.375 e. The number of aryl methyl sites for hydroxylation is 1. The van der Waals surface area contributed by atoms with E-state index in [1.807, 2.05) is 25.1 Å². The van der Waals surface area contributed by atoms with E-state index in [9.17, 15) is 4.79 Å². The Bertz CT molecular complexity index is 472. The molecule has 1 amide bonds. The van der Waals surface area contributed by atoms with E-state index < -0.39 is 0 Å². The lowest BCUT2D eigenvalue weighted by atomic mass is 10.1. The van der Waals surface area contributed by atoms with Crippen molar-refractivity contribution >= 4 is 11.6 Å². The highest BCUT2D eigenvalue weighted by molar-refractivity contribution is 5.92. The number of anilines is 1. The number of ether oxygens (including phenoxy) is 1. The number of rotatable bonds is 4. The smallest absolute Gasteiger partial charge is 0.250 e. The first-order valence-electron chi connectivity index (χ1n) is 5.82.